The molecule has 3 aromatic rings. The van der Waals surface area contributed by atoms with Crippen molar-refractivity contribution >= 4 is 28.8 Å². The standard InChI is InChI=1S/C27H33N5O4/c1-17-4-9-20-21(31(17)26(35)36-2)10-11-22-23(20)29-25(27(12-13-27)16-30-15-3-14-28-30)32(22)19-7-5-18(6-8-19)24(33)34/h3,10-11,14-15,17-19H,4-9,12-13,16H2,1-2H3,(H,33,34). The molecule has 1 N–H and O–H groups in total. The van der Waals surface area contributed by atoms with Gasteiger partial charge in [-0.15, -0.1) is 0 Å². The predicted octanol–water partition coefficient (Wildman–Crippen LogP) is 4.69. The van der Waals surface area contributed by atoms with Crippen LogP contribution < -0.4 is 4.90 Å². The van der Waals surface area contributed by atoms with Crippen molar-refractivity contribution in [1.29, 1.82) is 0 Å². The van der Waals surface area contributed by atoms with E-state index in [-0.39, 0.29) is 29.5 Å². The van der Waals surface area contributed by atoms with Crippen LogP contribution in [0, 0.1) is 5.92 Å². The van der Waals surface area contributed by atoms with Crippen LogP contribution in [0.5, 0.6) is 0 Å². The number of carbonyl (C=O) groups excluding carboxylic acids is 1. The maximum absolute atomic E-state index is 12.6. The van der Waals surface area contributed by atoms with Crippen LogP contribution in [0.2, 0.25) is 0 Å². The van der Waals surface area contributed by atoms with Gasteiger partial charge in [0, 0.05) is 35.5 Å². The summed E-state index contributed by atoms with van der Waals surface area (Å²) in [6.07, 6.45) is 10.3. The van der Waals surface area contributed by atoms with Gasteiger partial charge < -0.3 is 14.4 Å². The first-order valence-electron chi connectivity index (χ1n) is 13.0. The Balaban J connectivity index is 1.48. The highest BCUT2D eigenvalue weighted by molar-refractivity contribution is 5.95. The summed E-state index contributed by atoms with van der Waals surface area (Å²) in [4.78, 5) is 31.3. The first kappa shape index (κ1) is 23.1. The molecule has 2 aliphatic carbocycles. The van der Waals surface area contributed by atoms with Gasteiger partial charge >= 0.3 is 12.1 Å². The number of hydrogen-bond acceptors (Lipinski definition) is 5. The lowest BCUT2D eigenvalue weighted by molar-refractivity contribution is -0.143. The molecule has 2 aromatic heterocycles. The van der Waals surface area contributed by atoms with E-state index >= 15 is 0 Å². The maximum atomic E-state index is 12.6. The lowest BCUT2D eigenvalue weighted by atomic mass is 9.85. The van der Waals surface area contributed by atoms with E-state index < -0.39 is 5.97 Å². The zero-order valence-corrected chi connectivity index (χ0v) is 20.9. The molecular formula is C27H33N5O4. The SMILES string of the molecule is COC(=O)N1c2ccc3c(nc(C4(Cn5cccn5)CC4)n3C3CCC(C(=O)O)CC3)c2CCC1C. The number of ether oxygens (including phenoxy) is 1. The van der Waals surface area contributed by atoms with Crippen LogP contribution in [0.4, 0.5) is 10.5 Å². The van der Waals surface area contributed by atoms with E-state index in [1.54, 1.807) is 4.90 Å². The number of rotatable bonds is 5. The third-order valence-electron chi connectivity index (χ3n) is 8.59. The molecule has 1 aliphatic heterocycles. The fraction of sp³-hybridized carbons (Fsp3) is 0.556. The quantitative estimate of drug-likeness (QED) is 0.556. The number of carboxylic acids is 1. The number of carbonyl (C=O) groups is 2. The van der Waals surface area contributed by atoms with Gasteiger partial charge in [0.1, 0.15) is 5.82 Å². The Bertz CT molecular complexity index is 1300. The smallest absolute Gasteiger partial charge is 0.414 e. The molecule has 36 heavy (non-hydrogen) atoms. The van der Waals surface area contributed by atoms with Crippen LogP contribution in [0.25, 0.3) is 11.0 Å². The molecule has 1 unspecified atom stereocenters. The molecule has 190 valence electrons. The minimum atomic E-state index is -0.687. The second-order valence-electron chi connectivity index (χ2n) is 10.8. The van der Waals surface area contributed by atoms with E-state index in [4.69, 9.17) is 9.72 Å². The summed E-state index contributed by atoms with van der Waals surface area (Å²) < 4.78 is 9.52. The monoisotopic (exact) mass is 491 g/mol. The molecule has 9 nitrogen and oxygen atoms in total. The molecule has 9 heteroatoms. The number of hydrogen-bond donors (Lipinski definition) is 1. The second-order valence-corrected chi connectivity index (χ2v) is 10.8. The molecule has 0 bridgehead atoms. The summed E-state index contributed by atoms with van der Waals surface area (Å²) >= 11 is 0. The van der Waals surface area contributed by atoms with E-state index in [1.807, 2.05) is 29.2 Å². The number of carboxylic acid groups (broad SMARTS) is 1. The molecule has 3 aliphatic rings. The minimum Gasteiger partial charge on any atom is -0.481 e. The number of aryl methyl sites for hydroxylation is 1. The van der Waals surface area contributed by atoms with Crippen molar-refractivity contribution in [1.82, 2.24) is 19.3 Å². The number of fused-ring (bicyclic) bond motifs is 3. The van der Waals surface area contributed by atoms with Crippen molar-refractivity contribution in [3.05, 3.63) is 42.0 Å². The van der Waals surface area contributed by atoms with Crippen molar-refractivity contribution in [3.8, 4) is 0 Å². The van der Waals surface area contributed by atoms with Gasteiger partial charge in [-0.2, -0.15) is 5.10 Å². The Morgan fingerprint density at radius 2 is 1.94 bits per heavy atom. The lowest BCUT2D eigenvalue weighted by Crippen LogP contribution is -2.42. The van der Waals surface area contributed by atoms with E-state index in [0.717, 1.165) is 73.2 Å². The first-order valence-corrected chi connectivity index (χ1v) is 13.0. The number of imidazole rings is 1. The predicted molar refractivity (Wildman–Crippen MR) is 134 cm³/mol. The van der Waals surface area contributed by atoms with Crippen molar-refractivity contribution < 1.29 is 19.4 Å². The van der Waals surface area contributed by atoms with Gasteiger partial charge in [-0.25, -0.2) is 9.78 Å². The van der Waals surface area contributed by atoms with Gasteiger partial charge in [0.2, 0.25) is 0 Å². The molecule has 1 atom stereocenters. The summed E-state index contributed by atoms with van der Waals surface area (Å²) in [7, 11) is 1.42. The van der Waals surface area contributed by atoms with Gasteiger partial charge in [-0.3, -0.25) is 14.4 Å². The number of methoxy groups -OCH3 is 1. The Hall–Kier alpha value is -3.36. The fourth-order valence-electron chi connectivity index (χ4n) is 6.41. The topological polar surface area (TPSA) is 102 Å². The van der Waals surface area contributed by atoms with E-state index in [2.05, 4.69) is 22.7 Å². The molecule has 1 amide bonds. The summed E-state index contributed by atoms with van der Waals surface area (Å²) in [5.41, 5.74) is 3.97. The number of nitrogens with zero attached hydrogens (tertiary/aromatic N) is 5. The molecule has 2 fully saturated rings. The average Bonchev–Trinajstić information content (AvgIpc) is 3.28. The highest BCUT2D eigenvalue weighted by atomic mass is 16.5. The van der Waals surface area contributed by atoms with Gasteiger partial charge in [0.15, 0.2) is 0 Å². The molecule has 0 spiro atoms. The molecule has 0 saturated heterocycles. The number of anilines is 1. The van der Waals surface area contributed by atoms with Crippen molar-refractivity contribution in [2.45, 2.75) is 82.3 Å². The van der Waals surface area contributed by atoms with Crippen molar-refractivity contribution in [3.63, 3.8) is 0 Å². The Morgan fingerprint density at radius 3 is 2.58 bits per heavy atom. The Morgan fingerprint density at radius 1 is 1.17 bits per heavy atom. The Kier molecular flexibility index (Phi) is 5.53. The molecule has 1 aromatic carbocycles. The van der Waals surface area contributed by atoms with Crippen LogP contribution in [0.15, 0.2) is 30.6 Å². The van der Waals surface area contributed by atoms with Crippen LogP contribution in [-0.4, -0.2) is 49.7 Å². The summed E-state index contributed by atoms with van der Waals surface area (Å²) in [5, 5.41) is 14.0. The highest BCUT2D eigenvalue weighted by Gasteiger charge is 2.50. The molecule has 2 saturated carbocycles. The zero-order valence-electron chi connectivity index (χ0n) is 20.9. The largest absolute Gasteiger partial charge is 0.481 e. The zero-order chi connectivity index (χ0) is 25.0. The lowest BCUT2D eigenvalue weighted by Gasteiger charge is -2.34. The summed E-state index contributed by atoms with van der Waals surface area (Å²) in [6, 6.07) is 6.37. The molecular weight excluding hydrogens is 458 g/mol. The minimum absolute atomic E-state index is 0.0600. The van der Waals surface area contributed by atoms with Crippen molar-refractivity contribution in [2.24, 2.45) is 5.92 Å². The third-order valence-corrected chi connectivity index (χ3v) is 8.59. The van der Waals surface area contributed by atoms with E-state index in [1.165, 1.54) is 7.11 Å². The molecule has 0 radical (unpaired) electrons. The molecule has 3 heterocycles. The van der Waals surface area contributed by atoms with Crippen LogP contribution >= 0.6 is 0 Å². The third kappa shape index (κ3) is 3.67. The van der Waals surface area contributed by atoms with Crippen LogP contribution in [0.3, 0.4) is 0 Å². The van der Waals surface area contributed by atoms with Crippen LogP contribution in [0.1, 0.15) is 69.3 Å². The average molecular weight is 492 g/mol. The number of aromatic nitrogens is 4. The van der Waals surface area contributed by atoms with Gasteiger partial charge in [-0.1, -0.05) is 0 Å². The number of amides is 1. The van der Waals surface area contributed by atoms with Crippen LogP contribution in [-0.2, 0) is 27.9 Å². The van der Waals surface area contributed by atoms with E-state index in [9.17, 15) is 14.7 Å². The summed E-state index contributed by atoms with van der Waals surface area (Å²) in [5.74, 6) is 0.136. The number of aliphatic carboxylic acids is 1. The Labute approximate surface area is 210 Å². The normalized spacial score (nSPS) is 24.9. The van der Waals surface area contributed by atoms with E-state index in [0.29, 0.717) is 12.8 Å². The fourth-order valence-corrected chi connectivity index (χ4v) is 6.41. The highest BCUT2D eigenvalue weighted by Crippen LogP contribution is 2.52. The summed E-state index contributed by atoms with van der Waals surface area (Å²) in [6.45, 7) is 2.83. The van der Waals surface area contributed by atoms with Gasteiger partial charge in [-0.05, 0) is 76.5 Å². The number of benzene rings is 1. The van der Waals surface area contributed by atoms with Crippen molar-refractivity contribution in [2.75, 3.05) is 12.0 Å². The van der Waals surface area contributed by atoms with Gasteiger partial charge in [0.25, 0.3) is 0 Å². The molecule has 6 rings (SSSR count). The maximum Gasteiger partial charge on any atom is 0.414 e. The second kappa shape index (κ2) is 8.64. The van der Waals surface area contributed by atoms with Gasteiger partial charge in [0.05, 0.1) is 36.3 Å². The first-order chi connectivity index (χ1) is 17.4.